The van der Waals surface area contributed by atoms with Gasteiger partial charge in [0, 0.05) is 24.7 Å². The normalized spacial score (nSPS) is 24.7. The number of hydrogen-bond donors (Lipinski definition) is 1. The van der Waals surface area contributed by atoms with Gasteiger partial charge in [0.25, 0.3) is 0 Å². The largest absolute Gasteiger partial charge is 0.369 e. The van der Waals surface area contributed by atoms with Crippen molar-refractivity contribution in [2.45, 2.75) is 31.7 Å². The molecule has 0 aliphatic carbocycles. The van der Waals surface area contributed by atoms with Gasteiger partial charge in [-0.3, -0.25) is 14.1 Å². The lowest BCUT2D eigenvalue weighted by Crippen LogP contribution is -2.52. The number of carbonyl (C=O) groups excluding carboxylic acids is 1. The Labute approximate surface area is 196 Å². The van der Waals surface area contributed by atoms with E-state index in [2.05, 4.69) is 14.3 Å². The van der Waals surface area contributed by atoms with Crippen LogP contribution in [0.1, 0.15) is 46.9 Å². The van der Waals surface area contributed by atoms with Crippen molar-refractivity contribution in [3.05, 3.63) is 63.7 Å². The predicted octanol–water partition coefficient (Wildman–Crippen LogP) is 3.19. The number of pyridine rings is 1. The first-order chi connectivity index (χ1) is 15.6. The fourth-order valence-electron chi connectivity index (χ4n) is 4.08. The minimum atomic E-state index is -2.87. The Bertz CT molecular complexity index is 1330. The summed E-state index contributed by atoms with van der Waals surface area (Å²) in [6.07, 6.45) is 2.78. The number of aromatic nitrogens is 1. The predicted molar refractivity (Wildman–Crippen MR) is 124 cm³/mol. The molecule has 0 fully saturated rings. The third-order valence-corrected chi connectivity index (χ3v) is 8.57. The van der Waals surface area contributed by atoms with E-state index in [1.807, 2.05) is 6.07 Å². The fourth-order valence-corrected chi connectivity index (χ4v) is 6.86. The molecular formula is C22H22ClFN6O2S. The van der Waals surface area contributed by atoms with Crippen LogP contribution in [0, 0.1) is 17.1 Å². The van der Waals surface area contributed by atoms with Crippen LogP contribution in [-0.2, 0) is 21.9 Å². The molecule has 2 aliphatic rings. The topological polar surface area (TPSA) is 125 Å². The van der Waals surface area contributed by atoms with Crippen molar-refractivity contribution in [1.82, 2.24) is 9.29 Å². The van der Waals surface area contributed by atoms with Crippen LogP contribution in [0.3, 0.4) is 0 Å². The van der Waals surface area contributed by atoms with E-state index in [-0.39, 0.29) is 45.8 Å². The van der Waals surface area contributed by atoms with E-state index in [9.17, 15) is 13.4 Å². The van der Waals surface area contributed by atoms with E-state index in [0.29, 0.717) is 18.7 Å². The van der Waals surface area contributed by atoms with Crippen molar-refractivity contribution < 1.29 is 13.4 Å². The van der Waals surface area contributed by atoms with Gasteiger partial charge in [-0.25, -0.2) is 18.0 Å². The van der Waals surface area contributed by atoms with Crippen molar-refractivity contribution in [3.8, 4) is 6.07 Å². The number of carbonyl (C=O) groups is 1. The third kappa shape index (κ3) is 4.43. The van der Waals surface area contributed by atoms with Crippen molar-refractivity contribution in [1.29, 1.82) is 5.26 Å². The van der Waals surface area contributed by atoms with Crippen LogP contribution < -0.4 is 5.73 Å². The third-order valence-electron chi connectivity index (χ3n) is 5.70. The zero-order valence-electron chi connectivity index (χ0n) is 17.9. The number of rotatable bonds is 4. The Kier molecular flexibility index (Phi) is 6.12. The minimum absolute atomic E-state index is 0.00196. The summed E-state index contributed by atoms with van der Waals surface area (Å²) >= 11 is 6.11. The molecule has 2 aromatic rings. The molecule has 0 unspecified atom stereocenters. The smallest absolute Gasteiger partial charge is 0.204 e. The molecule has 3 heterocycles. The average molecular weight is 489 g/mol. The summed E-state index contributed by atoms with van der Waals surface area (Å²) < 4.78 is 34.5. The number of Topliss-reactive ketones (excluding diaryl/α,β-unsaturated/α-hetero) is 1. The van der Waals surface area contributed by atoms with Gasteiger partial charge in [0.2, 0.25) is 5.96 Å². The Morgan fingerprint density at radius 1 is 1.39 bits per heavy atom. The Balaban J connectivity index is 1.68. The van der Waals surface area contributed by atoms with Crippen molar-refractivity contribution in [3.63, 3.8) is 0 Å². The molecule has 33 heavy (non-hydrogen) atoms. The highest BCUT2D eigenvalue weighted by atomic mass is 35.5. The summed E-state index contributed by atoms with van der Waals surface area (Å²) in [5.74, 6) is -0.841. The SMILES string of the molecule is C[C@@]1(c2cc(CC(=O)c3ncc(C#N)cc3Cl)ccc2F)C[S@@]2(=O)=NCCCCN2C(N)=N1. The summed E-state index contributed by atoms with van der Waals surface area (Å²) in [6, 6.07) is 7.57. The summed E-state index contributed by atoms with van der Waals surface area (Å²) in [5.41, 5.74) is 5.93. The van der Waals surface area contributed by atoms with Crippen LogP contribution in [-0.4, -0.2) is 44.1 Å². The highest BCUT2D eigenvalue weighted by Gasteiger charge is 2.42. The lowest BCUT2D eigenvalue weighted by molar-refractivity contribution is 0.0988. The lowest BCUT2D eigenvalue weighted by Gasteiger charge is -2.38. The molecule has 0 radical (unpaired) electrons. The molecule has 4 rings (SSSR count). The number of guanidine groups is 1. The van der Waals surface area contributed by atoms with Crippen LogP contribution in [0.25, 0.3) is 0 Å². The van der Waals surface area contributed by atoms with E-state index >= 15 is 0 Å². The molecule has 0 saturated carbocycles. The molecule has 1 aromatic carbocycles. The van der Waals surface area contributed by atoms with Crippen LogP contribution in [0.15, 0.2) is 39.8 Å². The van der Waals surface area contributed by atoms with E-state index in [1.54, 1.807) is 6.92 Å². The number of ketones is 1. The van der Waals surface area contributed by atoms with Gasteiger partial charge in [0.1, 0.15) is 33.0 Å². The first-order valence-electron chi connectivity index (χ1n) is 10.4. The number of nitrogens with two attached hydrogens (primary N) is 1. The highest BCUT2D eigenvalue weighted by Crippen LogP contribution is 2.36. The lowest BCUT2D eigenvalue weighted by atomic mass is 9.91. The van der Waals surface area contributed by atoms with Gasteiger partial charge >= 0.3 is 0 Å². The molecule has 0 saturated heterocycles. The van der Waals surface area contributed by atoms with Gasteiger partial charge in [-0.2, -0.15) is 5.26 Å². The molecular weight excluding hydrogens is 467 g/mol. The van der Waals surface area contributed by atoms with Crippen molar-refractivity contribution >= 4 is 33.3 Å². The second-order valence-electron chi connectivity index (χ2n) is 8.24. The van der Waals surface area contributed by atoms with Gasteiger partial charge in [0.05, 0.1) is 22.9 Å². The zero-order valence-corrected chi connectivity index (χ0v) is 19.5. The van der Waals surface area contributed by atoms with Gasteiger partial charge in [-0.1, -0.05) is 17.7 Å². The molecule has 2 aliphatic heterocycles. The molecule has 11 heteroatoms. The summed E-state index contributed by atoms with van der Waals surface area (Å²) in [4.78, 5) is 21.3. The number of benzene rings is 1. The number of nitriles is 1. The van der Waals surface area contributed by atoms with Crippen LogP contribution in [0.4, 0.5) is 4.39 Å². The second-order valence-corrected chi connectivity index (χ2v) is 10.8. The van der Waals surface area contributed by atoms with Crippen LogP contribution in [0.5, 0.6) is 0 Å². The maximum Gasteiger partial charge on any atom is 0.204 e. The monoisotopic (exact) mass is 488 g/mol. The van der Waals surface area contributed by atoms with Gasteiger partial charge < -0.3 is 5.73 Å². The van der Waals surface area contributed by atoms with E-state index in [0.717, 1.165) is 12.8 Å². The highest BCUT2D eigenvalue weighted by molar-refractivity contribution is 7.92. The molecule has 2 atom stereocenters. The first-order valence-corrected chi connectivity index (χ1v) is 12.4. The molecule has 2 N–H and O–H groups in total. The van der Waals surface area contributed by atoms with E-state index in [1.165, 1.54) is 34.8 Å². The van der Waals surface area contributed by atoms with Crippen LogP contribution in [0.2, 0.25) is 5.02 Å². The maximum atomic E-state index is 15.0. The molecule has 0 spiro atoms. The minimum Gasteiger partial charge on any atom is -0.369 e. The number of nitrogens with zero attached hydrogens (tertiary/aromatic N) is 5. The van der Waals surface area contributed by atoms with Crippen molar-refractivity contribution in [2.24, 2.45) is 15.1 Å². The number of halogens is 2. The van der Waals surface area contributed by atoms with Crippen molar-refractivity contribution in [2.75, 3.05) is 18.8 Å². The van der Waals surface area contributed by atoms with Gasteiger partial charge in [0.15, 0.2) is 5.78 Å². The molecule has 0 bridgehead atoms. The first kappa shape index (κ1) is 23.1. The molecule has 0 amide bonds. The Morgan fingerprint density at radius 3 is 2.91 bits per heavy atom. The van der Waals surface area contributed by atoms with Crippen LogP contribution >= 0.6 is 11.6 Å². The summed E-state index contributed by atoms with van der Waals surface area (Å²) in [5, 5.41) is 9.01. The van der Waals surface area contributed by atoms with Gasteiger partial charge in [-0.15, -0.1) is 0 Å². The number of fused-ring (bicyclic) bond motifs is 1. The second kappa shape index (κ2) is 8.72. The standard InChI is InChI=1S/C22H22ClFN6O2S/c1-22(13-33(32)28-6-2-3-7-30(33)21(26)29-22)16-8-14(4-5-18(16)24)10-19(31)20-17(23)9-15(11-25)12-27-20/h4-5,8-9,12H,2-3,6-7,10,13H2,1H3,(H2,26,29)/t22-,33+/m0/s1. The maximum absolute atomic E-state index is 15.0. The zero-order chi connectivity index (χ0) is 23.8. The molecule has 172 valence electrons. The quantitative estimate of drug-likeness (QED) is 0.661. The fraction of sp³-hybridized carbons (Fsp3) is 0.364. The summed E-state index contributed by atoms with van der Waals surface area (Å²) in [7, 11) is -2.87. The van der Waals surface area contributed by atoms with E-state index in [4.69, 9.17) is 22.6 Å². The molecule has 1 aromatic heterocycles. The Morgan fingerprint density at radius 2 is 2.18 bits per heavy atom. The number of aliphatic imine (C=N–C) groups is 1. The summed E-state index contributed by atoms with van der Waals surface area (Å²) in [6.45, 7) is 2.62. The molecule has 8 nitrogen and oxygen atoms in total. The Hall–Kier alpha value is -3.03. The number of hydrogen-bond acceptors (Lipinski definition) is 7. The van der Waals surface area contributed by atoms with E-state index < -0.39 is 21.3 Å². The van der Waals surface area contributed by atoms with Gasteiger partial charge in [-0.05, 0) is 43.5 Å². The average Bonchev–Trinajstić information content (AvgIpc) is 2.95.